The Morgan fingerprint density at radius 1 is 1.10 bits per heavy atom. The quantitative estimate of drug-likeness (QED) is 0.567. The first-order chi connectivity index (χ1) is 10.1. The maximum atomic E-state index is 11.7. The summed E-state index contributed by atoms with van der Waals surface area (Å²) in [5.41, 5.74) is 1.78. The summed E-state index contributed by atoms with van der Waals surface area (Å²) in [6, 6.07) is 0. The average Bonchev–Trinajstić information content (AvgIpc) is 3.19. The van der Waals surface area contributed by atoms with Crippen molar-refractivity contribution in [3.05, 3.63) is 35.8 Å². The third-order valence-corrected chi connectivity index (χ3v) is 3.70. The molecule has 0 N–H and O–H groups in total. The van der Waals surface area contributed by atoms with Crippen LogP contribution in [0.5, 0.6) is 0 Å². The van der Waals surface area contributed by atoms with Crippen LogP contribution in [0.2, 0.25) is 0 Å². The molecule has 110 valence electrons. The molecule has 3 rings (SSSR count). The molecule has 0 aromatic heterocycles. The molecule has 1 saturated heterocycles. The number of nitrogens with zero attached hydrogens (tertiary/aromatic N) is 2. The first-order valence-electron chi connectivity index (χ1n) is 6.99. The van der Waals surface area contributed by atoms with Gasteiger partial charge in [-0.05, 0) is 24.8 Å². The lowest BCUT2D eigenvalue weighted by Gasteiger charge is -2.21. The Hall–Kier alpha value is -2.37. The fourth-order valence-corrected chi connectivity index (χ4v) is 2.35. The highest BCUT2D eigenvalue weighted by atomic mass is 16.7. The van der Waals surface area contributed by atoms with Crippen molar-refractivity contribution < 1.29 is 19.2 Å². The molecule has 1 saturated carbocycles. The summed E-state index contributed by atoms with van der Waals surface area (Å²) in [7, 11) is 0. The summed E-state index contributed by atoms with van der Waals surface area (Å²) in [5, 5.41) is 1.24. The highest BCUT2D eigenvalue weighted by molar-refractivity contribution is 6.12. The maximum absolute atomic E-state index is 11.7. The van der Waals surface area contributed by atoms with Crippen LogP contribution < -0.4 is 0 Å². The van der Waals surface area contributed by atoms with E-state index in [2.05, 4.69) is 6.58 Å². The normalized spacial score (nSPS) is 20.9. The van der Waals surface area contributed by atoms with Gasteiger partial charge in [-0.25, -0.2) is 0 Å². The van der Waals surface area contributed by atoms with Crippen molar-refractivity contribution in [1.82, 2.24) is 9.96 Å². The Morgan fingerprint density at radius 3 is 2.29 bits per heavy atom. The van der Waals surface area contributed by atoms with Gasteiger partial charge >= 0.3 is 0 Å². The second-order valence-corrected chi connectivity index (χ2v) is 5.28. The zero-order chi connectivity index (χ0) is 15.0. The van der Waals surface area contributed by atoms with Crippen molar-refractivity contribution in [2.75, 3.05) is 6.54 Å². The molecular formula is C15H16N2O4. The van der Waals surface area contributed by atoms with E-state index in [9.17, 15) is 14.4 Å². The second kappa shape index (κ2) is 5.20. The first-order valence-corrected chi connectivity index (χ1v) is 6.99. The van der Waals surface area contributed by atoms with E-state index in [1.165, 1.54) is 22.1 Å². The van der Waals surface area contributed by atoms with E-state index >= 15 is 0 Å². The first kappa shape index (κ1) is 13.6. The molecule has 6 heteroatoms. The van der Waals surface area contributed by atoms with Crippen LogP contribution in [0.1, 0.15) is 32.1 Å². The van der Waals surface area contributed by atoms with E-state index < -0.39 is 0 Å². The number of carbonyl (C=O) groups excluding carboxylic acids is 3. The van der Waals surface area contributed by atoms with Crippen molar-refractivity contribution >= 4 is 17.7 Å². The van der Waals surface area contributed by atoms with Crippen molar-refractivity contribution in [3.63, 3.8) is 0 Å². The summed E-state index contributed by atoms with van der Waals surface area (Å²) in [6.45, 7) is 4.07. The molecule has 3 aliphatic rings. The maximum Gasteiger partial charge on any atom is 0.260 e. The number of hydrogen-bond donors (Lipinski definition) is 0. The van der Waals surface area contributed by atoms with E-state index in [1.54, 1.807) is 0 Å². The molecule has 2 heterocycles. The minimum atomic E-state index is -0.304. The molecule has 0 aromatic carbocycles. The number of rotatable bonds is 5. The molecule has 6 nitrogen and oxygen atoms in total. The van der Waals surface area contributed by atoms with Gasteiger partial charge in [0, 0.05) is 31.5 Å². The molecule has 2 fully saturated rings. The summed E-state index contributed by atoms with van der Waals surface area (Å²) < 4.78 is 0. The van der Waals surface area contributed by atoms with Crippen LogP contribution in [0.3, 0.4) is 0 Å². The summed E-state index contributed by atoms with van der Waals surface area (Å²) >= 11 is 0. The average molecular weight is 288 g/mol. The minimum absolute atomic E-state index is 0.103. The third-order valence-electron chi connectivity index (χ3n) is 3.70. The fraction of sp³-hybridized carbons (Fsp3) is 0.400. The summed E-state index contributed by atoms with van der Waals surface area (Å²) in [6.07, 6.45) is 5.83. The van der Waals surface area contributed by atoms with Gasteiger partial charge in [-0.3, -0.25) is 19.3 Å². The lowest BCUT2D eigenvalue weighted by Crippen LogP contribution is -2.32. The standard InChI is InChI=1S/C15H16N2O4/c1-10-2-5-15(20)17(10)21-12(11-3-4-11)8-9-16-13(18)6-7-14(16)19/h6-7H,1-5,8-9H2. The molecule has 3 amide bonds. The Bertz CT molecular complexity index is 563. The molecule has 0 spiro atoms. The topological polar surface area (TPSA) is 66.9 Å². The molecule has 0 unspecified atom stereocenters. The fourth-order valence-electron chi connectivity index (χ4n) is 2.35. The Labute approximate surface area is 122 Å². The van der Waals surface area contributed by atoms with Gasteiger partial charge < -0.3 is 4.84 Å². The van der Waals surface area contributed by atoms with Crippen LogP contribution in [0.15, 0.2) is 35.8 Å². The Balaban J connectivity index is 1.63. The van der Waals surface area contributed by atoms with Crippen molar-refractivity contribution in [2.24, 2.45) is 0 Å². The summed E-state index contributed by atoms with van der Waals surface area (Å²) in [5.74, 6) is -0.0312. The second-order valence-electron chi connectivity index (χ2n) is 5.28. The Kier molecular flexibility index (Phi) is 3.37. The van der Waals surface area contributed by atoms with Gasteiger partial charge in [0.2, 0.25) is 0 Å². The molecular weight excluding hydrogens is 272 g/mol. The van der Waals surface area contributed by atoms with E-state index in [1.807, 2.05) is 0 Å². The number of allylic oxidation sites excluding steroid dienone is 2. The van der Waals surface area contributed by atoms with Crippen LogP contribution >= 0.6 is 0 Å². The molecule has 0 aromatic rings. The molecule has 0 radical (unpaired) electrons. The number of hydrogen-bond acceptors (Lipinski definition) is 4. The van der Waals surface area contributed by atoms with Gasteiger partial charge in [-0.2, -0.15) is 0 Å². The van der Waals surface area contributed by atoms with E-state index in [4.69, 9.17) is 4.84 Å². The highest BCUT2D eigenvalue weighted by Crippen LogP contribution is 2.35. The zero-order valence-corrected chi connectivity index (χ0v) is 11.6. The number of hydroxylamine groups is 2. The SMILES string of the molecule is C=C1CCC(=O)N1OC(CCN1C(=O)C=CC1=O)=C1CC1. The van der Waals surface area contributed by atoms with Crippen LogP contribution in [-0.2, 0) is 19.2 Å². The van der Waals surface area contributed by atoms with Gasteiger partial charge in [0.25, 0.3) is 17.7 Å². The van der Waals surface area contributed by atoms with Crippen LogP contribution in [0.25, 0.3) is 0 Å². The van der Waals surface area contributed by atoms with Gasteiger partial charge in [-0.1, -0.05) is 6.58 Å². The third kappa shape index (κ3) is 2.74. The highest BCUT2D eigenvalue weighted by Gasteiger charge is 2.31. The number of amides is 3. The van der Waals surface area contributed by atoms with Crippen LogP contribution in [0, 0.1) is 0 Å². The Morgan fingerprint density at radius 2 is 1.76 bits per heavy atom. The van der Waals surface area contributed by atoms with E-state index in [0.29, 0.717) is 30.7 Å². The zero-order valence-electron chi connectivity index (χ0n) is 11.6. The van der Waals surface area contributed by atoms with Crippen molar-refractivity contribution in [1.29, 1.82) is 0 Å². The predicted molar refractivity (Wildman–Crippen MR) is 73.0 cm³/mol. The number of carbonyl (C=O) groups is 3. The van der Waals surface area contributed by atoms with Gasteiger partial charge in [0.15, 0.2) is 0 Å². The van der Waals surface area contributed by atoms with Crippen molar-refractivity contribution in [3.8, 4) is 0 Å². The van der Waals surface area contributed by atoms with Gasteiger partial charge in [-0.15, -0.1) is 5.06 Å². The van der Waals surface area contributed by atoms with Gasteiger partial charge in [0.1, 0.15) is 5.76 Å². The van der Waals surface area contributed by atoms with E-state index in [-0.39, 0.29) is 24.3 Å². The number of imide groups is 1. The predicted octanol–water partition coefficient (Wildman–Crippen LogP) is 1.42. The monoisotopic (exact) mass is 288 g/mol. The smallest absolute Gasteiger partial charge is 0.260 e. The van der Waals surface area contributed by atoms with Gasteiger partial charge in [0.05, 0.1) is 5.70 Å². The van der Waals surface area contributed by atoms with Crippen LogP contribution in [0.4, 0.5) is 0 Å². The largest absolute Gasteiger partial charge is 0.377 e. The molecule has 0 bridgehead atoms. The molecule has 0 atom stereocenters. The summed E-state index contributed by atoms with van der Waals surface area (Å²) in [4.78, 5) is 41.6. The van der Waals surface area contributed by atoms with Crippen molar-refractivity contribution in [2.45, 2.75) is 32.1 Å². The lowest BCUT2D eigenvalue weighted by molar-refractivity contribution is -0.158. The molecule has 2 aliphatic heterocycles. The molecule has 21 heavy (non-hydrogen) atoms. The molecule has 1 aliphatic carbocycles. The minimum Gasteiger partial charge on any atom is -0.377 e. The van der Waals surface area contributed by atoms with Crippen LogP contribution in [-0.4, -0.2) is 34.2 Å². The van der Waals surface area contributed by atoms with E-state index in [0.717, 1.165) is 18.4 Å². The lowest BCUT2D eigenvalue weighted by atomic mass is 10.3.